The summed E-state index contributed by atoms with van der Waals surface area (Å²) >= 11 is 0. The van der Waals surface area contributed by atoms with Gasteiger partial charge in [0.15, 0.2) is 0 Å². The highest BCUT2D eigenvalue weighted by atomic mass is 16.6. The number of hydrogen-bond acceptors (Lipinski definition) is 7. The number of allylic oxidation sites excluding steroid dienone is 1. The Kier molecular flexibility index (Phi) is 11.1. The zero-order valence-electron chi connectivity index (χ0n) is 29.1. The van der Waals surface area contributed by atoms with Gasteiger partial charge in [-0.1, -0.05) is 56.3 Å². The number of ether oxygens (including phenoxy) is 2. The molecule has 0 aliphatic carbocycles. The standard InChI is InChI=1S/C37H53N3O7/c1-10-12-18-28(42)38(9)24(5)31(25-16-14-13-15-17-25)46-35(45)29-27-19-20-37(47-27)30(29)33(43)40(26(22-41)23(3)4)32(37)34(44)39(21-11-2)36(6,7)8/h10-11,13-17,23-24,26-27,29-32,41H,1-2,12,18-22H2,3-9H3/t24-,26+,27+,29-,30-,31+,32+,37-/m1/s1. The predicted molar refractivity (Wildman–Crippen MR) is 179 cm³/mol. The second-order valence-electron chi connectivity index (χ2n) is 14.5. The van der Waals surface area contributed by atoms with E-state index in [2.05, 4.69) is 13.2 Å². The molecule has 0 saturated carbocycles. The van der Waals surface area contributed by atoms with Crippen molar-refractivity contribution in [2.75, 3.05) is 20.2 Å². The molecular formula is C37H53N3O7. The van der Waals surface area contributed by atoms with E-state index in [1.54, 1.807) is 29.0 Å². The summed E-state index contributed by atoms with van der Waals surface area (Å²) in [6.45, 7) is 18.9. The van der Waals surface area contributed by atoms with Gasteiger partial charge in [0, 0.05) is 25.6 Å². The van der Waals surface area contributed by atoms with Crippen molar-refractivity contribution in [3.63, 3.8) is 0 Å². The lowest BCUT2D eigenvalue weighted by molar-refractivity contribution is -0.165. The number of fused-ring (bicyclic) bond motifs is 1. The van der Waals surface area contributed by atoms with E-state index in [0.717, 1.165) is 0 Å². The van der Waals surface area contributed by atoms with Crippen LogP contribution >= 0.6 is 0 Å². The van der Waals surface area contributed by atoms with Crippen molar-refractivity contribution in [1.29, 1.82) is 0 Å². The van der Waals surface area contributed by atoms with E-state index in [9.17, 15) is 24.3 Å². The molecule has 3 amide bonds. The molecule has 4 rings (SSSR count). The Balaban J connectivity index is 1.74. The number of esters is 1. The van der Waals surface area contributed by atoms with Crippen molar-refractivity contribution < 1.29 is 33.8 Å². The second kappa shape index (κ2) is 14.3. The third-order valence-corrected chi connectivity index (χ3v) is 10.3. The van der Waals surface area contributed by atoms with E-state index >= 15 is 0 Å². The fourth-order valence-electron chi connectivity index (χ4n) is 7.71. The molecule has 1 N–H and O–H groups in total. The van der Waals surface area contributed by atoms with Gasteiger partial charge >= 0.3 is 5.97 Å². The lowest BCUT2D eigenvalue weighted by atomic mass is 9.70. The number of amides is 3. The summed E-state index contributed by atoms with van der Waals surface area (Å²) in [6.07, 6.45) is 3.63. The minimum atomic E-state index is -1.25. The Bertz CT molecular complexity index is 1340. The van der Waals surface area contributed by atoms with E-state index in [1.165, 1.54) is 4.90 Å². The monoisotopic (exact) mass is 651 g/mol. The largest absolute Gasteiger partial charge is 0.455 e. The molecule has 3 aliphatic heterocycles. The highest BCUT2D eigenvalue weighted by molar-refractivity contribution is 5.98. The van der Waals surface area contributed by atoms with Crippen LogP contribution in [0.25, 0.3) is 0 Å². The third-order valence-electron chi connectivity index (χ3n) is 10.3. The molecule has 8 atom stereocenters. The van der Waals surface area contributed by atoms with Crippen LogP contribution in [0.4, 0.5) is 0 Å². The average molecular weight is 652 g/mol. The van der Waals surface area contributed by atoms with Crippen molar-refractivity contribution in [3.05, 3.63) is 61.2 Å². The number of carbonyl (C=O) groups is 4. The van der Waals surface area contributed by atoms with Crippen LogP contribution in [-0.4, -0.2) is 99.1 Å². The molecule has 10 heteroatoms. The van der Waals surface area contributed by atoms with Crippen molar-refractivity contribution in [2.24, 2.45) is 17.8 Å². The fourth-order valence-corrected chi connectivity index (χ4v) is 7.71. The lowest BCUT2D eigenvalue weighted by Gasteiger charge is -2.44. The minimum Gasteiger partial charge on any atom is -0.455 e. The lowest BCUT2D eigenvalue weighted by Crippen LogP contribution is -2.62. The van der Waals surface area contributed by atoms with Gasteiger partial charge in [-0.2, -0.15) is 0 Å². The Morgan fingerprint density at radius 1 is 1.15 bits per heavy atom. The molecule has 3 fully saturated rings. The van der Waals surface area contributed by atoms with Gasteiger partial charge < -0.3 is 29.3 Å². The highest BCUT2D eigenvalue weighted by Crippen LogP contribution is 2.59. The Morgan fingerprint density at radius 3 is 2.36 bits per heavy atom. The first kappa shape index (κ1) is 36.3. The molecule has 0 radical (unpaired) electrons. The second-order valence-corrected chi connectivity index (χ2v) is 14.5. The predicted octanol–water partition coefficient (Wildman–Crippen LogP) is 4.29. The topological polar surface area (TPSA) is 117 Å². The molecule has 47 heavy (non-hydrogen) atoms. The number of carbonyl (C=O) groups excluding carboxylic acids is 4. The number of aliphatic hydroxyl groups excluding tert-OH is 1. The van der Waals surface area contributed by atoms with E-state index in [4.69, 9.17) is 9.47 Å². The number of aliphatic hydroxyl groups is 1. The van der Waals surface area contributed by atoms with Gasteiger partial charge in [0.05, 0.1) is 36.6 Å². The molecule has 1 aromatic carbocycles. The Morgan fingerprint density at radius 2 is 1.81 bits per heavy atom. The molecule has 1 spiro atoms. The number of likely N-dealkylation sites (N-methyl/N-ethyl adjacent to an activating group) is 1. The zero-order valence-corrected chi connectivity index (χ0v) is 29.1. The molecule has 0 unspecified atom stereocenters. The van der Waals surface area contributed by atoms with Gasteiger partial charge in [-0.25, -0.2) is 0 Å². The van der Waals surface area contributed by atoms with Gasteiger partial charge in [-0.05, 0) is 58.4 Å². The van der Waals surface area contributed by atoms with Gasteiger partial charge in [0.1, 0.15) is 17.7 Å². The van der Waals surface area contributed by atoms with Crippen LogP contribution in [0.2, 0.25) is 0 Å². The maximum absolute atomic E-state index is 14.6. The SMILES string of the molecule is C=CCCC(=O)N(C)[C@H](C)[C@H](OC(=O)[C@@H]1[C@@H]2CC[C@]3(O2)[C@H](C(=O)N(CC=C)C(C)(C)C)N([C@@H](CO)C(C)C)C(=O)[C@@H]13)c1ccccc1. The molecule has 10 nitrogen and oxygen atoms in total. The summed E-state index contributed by atoms with van der Waals surface area (Å²) in [5, 5.41) is 10.5. The summed E-state index contributed by atoms with van der Waals surface area (Å²) < 4.78 is 13.0. The van der Waals surface area contributed by atoms with E-state index in [1.807, 2.05) is 71.9 Å². The third kappa shape index (κ3) is 6.64. The zero-order chi connectivity index (χ0) is 34.8. The number of likely N-dealkylation sites (tertiary alicyclic amines) is 1. The maximum Gasteiger partial charge on any atom is 0.313 e. The van der Waals surface area contributed by atoms with Gasteiger partial charge in [-0.15, -0.1) is 13.2 Å². The van der Waals surface area contributed by atoms with Crippen molar-refractivity contribution in [1.82, 2.24) is 14.7 Å². The van der Waals surface area contributed by atoms with Crippen molar-refractivity contribution in [2.45, 2.75) is 109 Å². The Labute approximate surface area is 279 Å². The minimum absolute atomic E-state index is 0.105. The first-order valence-corrected chi connectivity index (χ1v) is 16.8. The number of hydrogen-bond donors (Lipinski definition) is 1. The summed E-state index contributed by atoms with van der Waals surface area (Å²) in [6, 6.07) is 7.05. The molecule has 0 aromatic heterocycles. The van der Waals surface area contributed by atoms with Gasteiger partial charge in [0.25, 0.3) is 0 Å². The first-order chi connectivity index (χ1) is 22.2. The van der Waals surface area contributed by atoms with E-state index < -0.39 is 59.3 Å². The van der Waals surface area contributed by atoms with Crippen LogP contribution in [0.1, 0.15) is 78.9 Å². The van der Waals surface area contributed by atoms with E-state index in [0.29, 0.717) is 24.8 Å². The van der Waals surface area contributed by atoms with Crippen LogP contribution in [0.15, 0.2) is 55.6 Å². The summed E-state index contributed by atoms with van der Waals surface area (Å²) in [5.74, 6) is -3.46. The normalized spacial score (nSPS) is 26.8. The van der Waals surface area contributed by atoms with Crippen LogP contribution in [-0.2, 0) is 28.7 Å². The number of nitrogens with zero attached hydrogens (tertiary/aromatic N) is 3. The van der Waals surface area contributed by atoms with Crippen molar-refractivity contribution >= 4 is 23.7 Å². The number of rotatable bonds is 14. The van der Waals surface area contributed by atoms with Crippen LogP contribution in [0.3, 0.4) is 0 Å². The smallest absolute Gasteiger partial charge is 0.313 e. The average Bonchev–Trinajstić information content (AvgIpc) is 3.68. The fraction of sp³-hybridized carbons (Fsp3) is 0.622. The quantitative estimate of drug-likeness (QED) is 0.236. The maximum atomic E-state index is 14.6. The molecule has 2 bridgehead atoms. The van der Waals surface area contributed by atoms with Crippen LogP contribution in [0.5, 0.6) is 0 Å². The molecule has 258 valence electrons. The Hall–Kier alpha value is -3.50. The van der Waals surface area contributed by atoms with Crippen molar-refractivity contribution in [3.8, 4) is 0 Å². The molecule has 1 aromatic rings. The highest BCUT2D eigenvalue weighted by Gasteiger charge is 2.76. The van der Waals surface area contributed by atoms with Crippen LogP contribution < -0.4 is 0 Å². The van der Waals surface area contributed by atoms with Gasteiger partial charge in [-0.3, -0.25) is 19.2 Å². The molecule has 3 heterocycles. The summed E-state index contributed by atoms with van der Waals surface area (Å²) in [5.41, 5.74) is -1.13. The summed E-state index contributed by atoms with van der Waals surface area (Å²) in [7, 11) is 1.69. The molecule has 3 saturated heterocycles. The van der Waals surface area contributed by atoms with E-state index in [-0.39, 0.29) is 43.2 Å². The van der Waals surface area contributed by atoms with Gasteiger partial charge in [0.2, 0.25) is 17.7 Å². The molecular weight excluding hydrogens is 598 g/mol. The number of benzene rings is 1. The van der Waals surface area contributed by atoms with Crippen LogP contribution in [0, 0.1) is 17.8 Å². The summed E-state index contributed by atoms with van der Waals surface area (Å²) in [4.78, 5) is 61.3. The molecule has 3 aliphatic rings. The first-order valence-electron chi connectivity index (χ1n) is 16.8.